The van der Waals surface area contributed by atoms with Gasteiger partial charge in [0.15, 0.2) is 0 Å². The van der Waals surface area contributed by atoms with Crippen molar-refractivity contribution in [3.8, 4) is 0 Å². The summed E-state index contributed by atoms with van der Waals surface area (Å²) in [7, 11) is 0. The average molecular weight is 268 g/mol. The number of hydrogen-bond acceptors (Lipinski definition) is 4. The van der Waals surface area contributed by atoms with Crippen LogP contribution in [-0.4, -0.2) is 41.5 Å². The Balaban J connectivity index is 0.000000180. The quantitative estimate of drug-likeness (QED) is 0.765. The van der Waals surface area contributed by atoms with E-state index in [2.05, 4.69) is 5.32 Å². The number of nitrogens with zero attached hydrogens (tertiary/aromatic N) is 1. The molecule has 0 spiro atoms. The molecular formula is C13H20N2O2S. The molecule has 0 aliphatic carbocycles. The summed E-state index contributed by atoms with van der Waals surface area (Å²) in [5.41, 5.74) is 1.22. The molecule has 0 saturated carbocycles. The Morgan fingerprint density at radius 2 is 1.83 bits per heavy atom. The molecule has 1 aliphatic heterocycles. The van der Waals surface area contributed by atoms with Gasteiger partial charge in [0.1, 0.15) is 0 Å². The van der Waals surface area contributed by atoms with Crippen molar-refractivity contribution < 1.29 is 9.35 Å². The summed E-state index contributed by atoms with van der Waals surface area (Å²) in [6.07, 6.45) is 0. The van der Waals surface area contributed by atoms with Gasteiger partial charge in [-0.05, 0) is 19.1 Å². The van der Waals surface area contributed by atoms with Crippen LogP contribution in [0.25, 0.3) is 0 Å². The fourth-order valence-corrected chi connectivity index (χ4v) is 1.84. The molecule has 0 unspecified atom stereocenters. The molecule has 1 amide bonds. The summed E-state index contributed by atoms with van der Waals surface area (Å²) in [6.45, 7) is 7.26. The van der Waals surface area contributed by atoms with Crippen molar-refractivity contribution in [3.05, 3.63) is 29.8 Å². The second-order valence-corrected chi connectivity index (χ2v) is 4.81. The van der Waals surface area contributed by atoms with E-state index in [4.69, 9.17) is 4.55 Å². The summed E-state index contributed by atoms with van der Waals surface area (Å²) < 4.78 is 8.55. The van der Waals surface area contributed by atoms with Gasteiger partial charge in [-0.1, -0.05) is 17.7 Å². The lowest BCUT2D eigenvalue weighted by Crippen LogP contribution is -2.45. The first kappa shape index (κ1) is 15.0. The Labute approximate surface area is 113 Å². The molecule has 0 atom stereocenters. The van der Waals surface area contributed by atoms with Gasteiger partial charge in [0.05, 0.1) is 0 Å². The first-order valence-electron chi connectivity index (χ1n) is 5.98. The lowest BCUT2D eigenvalue weighted by molar-refractivity contribution is -0.129. The molecule has 4 nitrogen and oxygen atoms in total. The molecule has 1 heterocycles. The van der Waals surface area contributed by atoms with Crippen LogP contribution in [0, 0.1) is 6.92 Å². The zero-order valence-corrected chi connectivity index (χ0v) is 11.7. The third-order valence-corrected chi connectivity index (χ3v) is 3.17. The van der Waals surface area contributed by atoms with Crippen molar-refractivity contribution in [1.82, 2.24) is 10.2 Å². The zero-order chi connectivity index (χ0) is 13.4. The standard InChI is InChI=1S/C7H8OS.C6H12N2O/c1-6-2-4-7(9-8)5-3-6;1-6(9)8-4-2-7-3-5-8/h2-5,8H,1H3;7H,2-5H2,1H3. The minimum absolute atomic E-state index is 0.191. The summed E-state index contributed by atoms with van der Waals surface area (Å²) >= 11 is 0.777. The van der Waals surface area contributed by atoms with Crippen LogP contribution in [0.2, 0.25) is 0 Å². The van der Waals surface area contributed by atoms with Crippen molar-refractivity contribution in [2.75, 3.05) is 26.2 Å². The molecule has 18 heavy (non-hydrogen) atoms. The van der Waals surface area contributed by atoms with E-state index in [0.717, 1.165) is 43.1 Å². The van der Waals surface area contributed by atoms with Crippen molar-refractivity contribution in [3.63, 3.8) is 0 Å². The number of rotatable bonds is 1. The van der Waals surface area contributed by atoms with Crippen molar-refractivity contribution in [2.45, 2.75) is 18.7 Å². The maximum Gasteiger partial charge on any atom is 0.219 e. The summed E-state index contributed by atoms with van der Waals surface area (Å²) in [5.74, 6) is 0.191. The molecule has 1 aromatic rings. The van der Waals surface area contributed by atoms with Gasteiger partial charge < -0.3 is 14.8 Å². The predicted octanol–water partition coefficient (Wildman–Crippen LogP) is 2.00. The van der Waals surface area contributed by atoms with Gasteiger partial charge in [0.25, 0.3) is 0 Å². The van der Waals surface area contributed by atoms with Crippen LogP contribution in [0.15, 0.2) is 29.2 Å². The fraction of sp³-hybridized carbons (Fsp3) is 0.462. The first-order chi connectivity index (χ1) is 8.63. The van der Waals surface area contributed by atoms with Crippen molar-refractivity contribution >= 4 is 17.9 Å². The lowest BCUT2D eigenvalue weighted by Gasteiger charge is -2.25. The monoisotopic (exact) mass is 268 g/mol. The second-order valence-electron chi connectivity index (χ2n) is 4.16. The van der Waals surface area contributed by atoms with Crippen LogP contribution in [-0.2, 0) is 4.79 Å². The van der Waals surface area contributed by atoms with E-state index in [-0.39, 0.29) is 5.91 Å². The van der Waals surface area contributed by atoms with E-state index < -0.39 is 0 Å². The SMILES string of the molecule is CC(=O)N1CCNCC1.Cc1ccc(SO)cc1. The molecule has 0 radical (unpaired) electrons. The summed E-state index contributed by atoms with van der Waals surface area (Å²) in [5, 5.41) is 3.18. The molecular weight excluding hydrogens is 248 g/mol. The number of carbonyl (C=O) groups excluding carboxylic acids is 1. The Morgan fingerprint density at radius 3 is 2.22 bits per heavy atom. The minimum Gasteiger partial charge on any atom is -0.340 e. The van der Waals surface area contributed by atoms with E-state index >= 15 is 0 Å². The Hall–Kier alpha value is -1.04. The molecule has 2 rings (SSSR count). The maximum absolute atomic E-state index is 10.7. The van der Waals surface area contributed by atoms with Gasteiger partial charge >= 0.3 is 0 Å². The molecule has 0 bridgehead atoms. The number of piperazine rings is 1. The number of carbonyl (C=O) groups is 1. The van der Waals surface area contributed by atoms with Crippen LogP contribution in [0.3, 0.4) is 0 Å². The van der Waals surface area contributed by atoms with Crippen LogP contribution in [0.4, 0.5) is 0 Å². The first-order valence-corrected chi connectivity index (χ1v) is 6.75. The predicted molar refractivity (Wildman–Crippen MR) is 74.8 cm³/mol. The van der Waals surface area contributed by atoms with Crippen LogP contribution < -0.4 is 5.32 Å². The highest BCUT2D eigenvalue weighted by atomic mass is 32.2. The molecule has 1 aromatic carbocycles. The van der Waals surface area contributed by atoms with E-state index in [1.165, 1.54) is 5.56 Å². The lowest BCUT2D eigenvalue weighted by atomic mass is 10.2. The third-order valence-electron chi connectivity index (χ3n) is 2.69. The molecule has 0 aromatic heterocycles. The fourth-order valence-electron chi connectivity index (χ4n) is 1.58. The van der Waals surface area contributed by atoms with Gasteiger partial charge in [0, 0.05) is 50.0 Å². The van der Waals surface area contributed by atoms with E-state index in [1.54, 1.807) is 6.92 Å². The third kappa shape index (κ3) is 5.53. The second kappa shape index (κ2) is 8.13. The Kier molecular flexibility index (Phi) is 6.78. The summed E-state index contributed by atoms with van der Waals surface area (Å²) in [4.78, 5) is 13.4. The molecule has 100 valence electrons. The Morgan fingerprint density at radius 1 is 1.28 bits per heavy atom. The number of benzene rings is 1. The van der Waals surface area contributed by atoms with Crippen LogP contribution in [0.1, 0.15) is 12.5 Å². The summed E-state index contributed by atoms with van der Waals surface area (Å²) in [6, 6.07) is 7.72. The van der Waals surface area contributed by atoms with Gasteiger partial charge in [-0.25, -0.2) is 0 Å². The number of amides is 1. The molecule has 5 heteroatoms. The van der Waals surface area contributed by atoms with Gasteiger partial charge in [-0.3, -0.25) is 4.79 Å². The number of aryl methyl sites for hydroxylation is 1. The van der Waals surface area contributed by atoms with E-state index in [9.17, 15) is 4.79 Å². The number of nitrogens with one attached hydrogen (secondary N) is 1. The van der Waals surface area contributed by atoms with Crippen molar-refractivity contribution in [2.24, 2.45) is 0 Å². The van der Waals surface area contributed by atoms with E-state index in [1.807, 2.05) is 36.1 Å². The topological polar surface area (TPSA) is 52.6 Å². The van der Waals surface area contributed by atoms with Crippen LogP contribution in [0.5, 0.6) is 0 Å². The van der Waals surface area contributed by atoms with Gasteiger partial charge in [-0.15, -0.1) is 0 Å². The molecule has 1 aliphatic rings. The van der Waals surface area contributed by atoms with Gasteiger partial charge in [0.2, 0.25) is 5.91 Å². The van der Waals surface area contributed by atoms with E-state index in [0.29, 0.717) is 0 Å². The average Bonchev–Trinajstić information content (AvgIpc) is 2.41. The zero-order valence-electron chi connectivity index (χ0n) is 10.8. The van der Waals surface area contributed by atoms with Gasteiger partial charge in [-0.2, -0.15) is 0 Å². The largest absolute Gasteiger partial charge is 0.340 e. The highest BCUT2D eigenvalue weighted by Gasteiger charge is 2.10. The highest BCUT2D eigenvalue weighted by Crippen LogP contribution is 2.13. The number of hydrogen-bond donors (Lipinski definition) is 2. The normalized spacial score (nSPS) is 14.7. The maximum atomic E-state index is 10.7. The molecule has 2 N–H and O–H groups in total. The molecule has 1 saturated heterocycles. The molecule has 1 fully saturated rings. The minimum atomic E-state index is 0.191. The Bertz CT molecular complexity index is 362. The van der Waals surface area contributed by atoms with Crippen LogP contribution >= 0.6 is 12.0 Å². The smallest absolute Gasteiger partial charge is 0.219 e. The van der Waals surface area contributed by atoms with Crippen molar-refractivity contribution in [1.29, 1.82) is 0 Å². The highest BCUT2D eigenvalue weighted by molar-refractivity contribution is 7.93.